The Kier molecular flexibility index (Phi) is 5.08. The summed E-state index contributed by atoms with van der Waals surface area (Å²) in [7, 11) is 0. The average Bonchev–Trinajstić information content (AvgIpc) is 2.81. The third-order valence-corrected chi connectivity index (χ3v) is 5.88. The second-order valence-electron chi connectivity index (χ2n) is 6.99. The number of aryl methyl sites for hydroxylation is 2. The number of benzene rings is 1. The minimum Gasteiger partial charge on any atom is -0.117 e. The molecule has 0 nitrogen and oxygen atoms in total. The van der Waals surface area contributed by atoms with Gasteiger partial charge in [0.15, 0.2) is 0 Å². The molecule has 1 atom stereocenters. The summed E-state index contributed by atoms with van der Waals surface area (Å²) in [5.74, 6) is 0.697. The lowest BCUT2D eigenvalue weighted by atomic mass is 9.73. The monoisotopic (exact) mass is 312 g/mol. The quantitative estimate of drug-likeness (QED) is 0.534. The molecule has 0 bridgehead atoms. The molecule has 0 aromatic heterocycles. The van der Waals surface area contributed by atoms with Crippen LogP contribution in [-0.4, -0.2) is 0 Å². The maximum atomic E-state index is 7.00. The first-order valence-electron chi connectivity index (χ1n) is 7.76. The molecule has 1 aromatic carbocycles. The van der Waals surface area contributed by atoms with Crippen LogP contribution in [0.3, 0.4) is 0 Å². The number of alkyl halides is 1. The number of hydrogen-bond acceptors (Lipinski definition) is 0. The van der Waals surface area contributed by atoms with Crippen molar-refractivity contribution in [2.24, 2.45) is 11.3 Å². The van der Waals surface area contributed by atoms with Crippen molar-refractivity contribution in [2.45, 2.75) is 65.2 Å². The van der Waals surface area contributed by atoms with Crippen LogP contribution in [0.1, 0.15) is 68.0 Å². The molecule has 0 N–H and O–H groups in total. The van der Waals surface area contributed by atoms with E-state index in [0.717, 1.165) is 10.6 Å². The molecule has 0 spiro atoms. The van der Waals surface area contributed by atoms with E-state index in [4.69, 9.17) is 23.2 Å². The zero-order valence-electron chi connectivity index (χ0n) is 13.1. The minimum atomic E-state index is 0.114. The van der Waals surface area contributed by atoms with Gasteiger partial charge in [0, 0.05) is 5.02 Å². The van der Waals surface area contributed by atoms with E-state index in [-0.39, 0.29) is 10.8 Å². The van der Waals surface area contributed by atoms with Gasteiger partial charge in [-0.3, -0.25) is 0 Å². The number of rotatable bonds is 4. The lowest BCUT2D eigenvalue weighted by Crippen LogP contribution is -2.25. The third-order valence-electron chi connectivity index (χ3n) is 4.77. The summed E-state index contributed by atoms with van der Waals surface area (Å²) in [6, 6.07) is 4.27. The number of halogens is 2. The molecule has 2 rings (SSSR count). The summed E-state index contributed by atoms with van der Waals surface area (Å²) < 4.78 is 0. The molecule has 0 heterocycles. The Morgan fingerprint density at radius 3 is 2.25 bits per heavy atom. The van der Waals surface area contributed by atoms with Gasteiger partial charge in [-0.15, -0.1) is 11.6 Å². The van der Waals surface area contributed by atoms with Gasteiger partial charge >= 0.3 is 0 Å². The van der Waals surface area contributed by atoms with Crippen molar-refractivity contribution < 1.29 is 0 Å². The third kappa shape index (κ3) is 3.17. The van der Waals surface area contributed by atoms with Crippen LogP contribution in [0.25, 0.3) is 0 Å². The zero-order valence-corrected chi connectivity index (χ0v) is 14.6. The Labute approximate surface area is 133 Å². The molecule has 1 unspecified atom stereocenters. The van der Waals surface area contributed by atoms with Crippen LogP contribution in [-0.2, 0) is 0 Å². The molecule has 0 radical (unpaired) electrons. The fourth-order valence-corrected chi connectivity index (χ4v) is 4.62. The van der Waals surface area contributed by atoms with Crippen molar-refractivity contribution in [3.05, 3.63) is 33.8 Å². The molecule has 0 amide bonds. The van der Waals surface area contributed by atoms with E-state index in [1.165, 1.54) is 43.2 Å². The van der Waals surface area contributed by atoms with E-state index >= 15 is 0 Å². The van der Waals surface area contributed by atoms with Crippen molar-refractivity contribution in [3.63, 3.8) is 0 Å². The van der Waals surface area contributed by atoms with Gasteiger partial charge in [-0.1, -0.05) is 44.4 Å². The van der Waals surface area contributed by atoms with E-state index in [1.54, 1.807) is 0 Å². The lowest BCUT2D eigenvalue weighted by Gasteiger charge is -2.36. The molecule has 1 aliphatic carbocycles. The SMILES string of the molecule is Cc1cc(C(Cl)C2(CC(C)C)CCCC2)c(C)cc1Cl. The first-order valence-corrected chi connectivity index (χ1v) is 8.58. The van der Waals surface area contributed by atoms with Gasteiger partial charge in [-0.2, -0.15) is 0 Å². The van der Waals surface area contributed by atoms with Gasteiger partial charge in [0.05, 0.1) is 5.38 Å². The van der Waals surface area contributed by atoms with Gasteiger partial charge in [-0.25, -0.2) is 0 Å². The highest BCUT2D eigenvalue weighted by Crippen LogP contribution is 2.55. The second-order valence-corrected chi connectivity index (χ2v) is 7.83. The Morgan fingerprint density at radius 2 is 1.70 bits per heavy atom. The van der Waals surface area contributed by atoms with E-state index in [0.29, 0.717) is 5.92 Å². The maximum absolute atomic E-state index is 7.00. The lowest BCUT2D eigenvalue weighted by molar-refractivity contribution is 0.223. The highest BCUT2D eigenvalue weighted by molar-refractivity contribution is 6.31. The maximum Gasteiger partial charge on any atom is 0.0644 e. The Morgan fingerprint density at radius 1 is 1.10 bits per heavy atom. The molecule has 20 heavy (non-hydrogen) atoms. The molecule has 2 heteroatoms. The average molecular weight is 313 g/mol. The summed E-state index contributed by atoms with van der Waals surface area (Å²) >= 11 is 13.2. The Balaban J connectivity index is 2.37. The minimum absolute atomic E-state index is 0.114. The smallest absolute Gasteiger partial charge is 0.0644 e. The Hall–Kier alpha value is -0.200. The summed E-state index contributed by atoms with van der Waals surface area (Å²) in [5, 5.41) is 0.961. The largest absolute Gasteiger partial charge is 0.117 e. The van der Waals surface area contributed by atoms with Crippen LogP contribution < -0.4 is 0 Å². The van der Waals surface area contributed by atoms with E-state index < -0.39 is 0 Å². The van der Waals surface area contributed by atoms with Crippen LogP contribution in [0, 0.1) is 25.2 Å². The molecular weight excluding hydrogens is 287 g/mol. The highest BCUT2D eigenvalue weighted by atomic mass is 35.5. The molecule has 1 aliphatic rings. The van der Waals surface area contributed by atoms with Gasteiger partial charge in [-0.05, 0) is 67.2 Å². The molecule has 1 aromatic rings. The standard InChI is InChI=1S/C18H26Cl2/c1-12(2)11-18(7-5-6-8-18)17(20)15-9-14(4)16(19)10-13(15)3/h9-10,12,17H,5-8,11H2,1-4H3. The van der Waals surface area contributed by atoms with Crippen molar-refractivity contribution in [3.8, 4) is 0 Å². The second kappa shape index (κ2) is 6.28. The van der Waals surface area contributed by atoms with E-state index in [2.05, 4.69) is 39.8 Å². The Bertz CT molecular complexity index is 471. The van der Waals surface area contributed by atoms with Crippen LogP contribution in [0.2, 0.25) is 5.02 Å². The topological polar surface area (TPSA) is 0 Å². The van der Waals surface area contributed by atoms with Crippen molar-refractivity contribution in [1.29, 1.82) is 0 Å². The fourth-order valence-electron chi connectivity index (χ4n) is 3.86. The summed E-state index contributed by atoms with van der Waals surface area (Å²) in [5.41, 5.74) is 3.93. The summed E-state index contributed by atoms with van der Waals surface area (Å²) in [6.07, 6.45) is 6.40. The first-order chi connectivity index (χ1) is 9.35. The van der Waals surface area contributed by atoms with Gasteiger partial charge in [0.1, 0.15) is 0 Å². The normalized spacial score (nSPS) is 19.6. The summed E-state index contributed by atoms with van der Waals surface area (Å²) in [4.78, 5) is 0. The van der Waals surface area contributed by atoms with E-state index in [1.807, 2.05) is 0 Å². The van der Waals surface area contributed by atoms with Gasteiger partial charge in [0.2, 0.25) is 0 Å². The van der Waals surface area contributed by atoms with Crippen molar-refractivity contribution in [1.82, 2.24) is 0 Å². The van der Waals surface area contributed by atoms with Crippen LogP contribution in [0.5, 0.6) is 0 Å². The molecule has 0 saturated heterocycles. The predicted octanol–water partition coefficient (Wildman–Crippen LogP) is 6.84. The predicted molar refractivity (Wildman–Crippen MR) is 89.9 cm³/mol. The molecule has 0 aliphatic heterocycles. The van der Waals surface area contributed by atoms with Crippen LogP contribution in [0.4, 0.5) is 0 Å². The molecule has 1 fully saturated rings. The molecular formula is C18H26Cl2. The van der Waals surface area contributed by atoms with Crippen LogP contribution in [0.15, 0.2) is 12.1 Å². The molecule has 1 saturated carbocycles. The van der Waals surface area contributed by atoms with Crippen molar-refractivity contribution >= 4 is 23.2 Å². The van der Waals surface area contributed by atoms with Crippen LogP contribution >= 0.6 is 23.2 Å². The van der Waals surface area contributed by atoms with Crippen molar-refractivity contribution in [2.75, 3.05) is 0 Å². The zero-order chi connectivity index (χ0) is 14.9. The number of hydrogen-bond donors (Lipinski definition) is 0. The van der Waals surface area contributed by atoms with Gasteiger partial charge < -0.3 is 0 Å². The van der Waals surface area contributed by atoms with Gasteiger partial charge in [0.25, 0.3) is 0 Å². The summed E-state index contributed by atoms with van der Waals surface area (Å²) in [6.45, 7) is 8.82. The first kappa shape index (κ1) is 16.2. The fraction of sp³-hybridized carbons (Fsp3) is 0.667. The molecule has 112 valence electrons. The van der Waals surface area contributed by atoms with E-state index in [9.17, 15) is 0 Å². The highest BCUT2D eigenvalue weighted by Gasteiger charge is 2.41.